The summed E-state index contributed by atoms with van der Waals surface area (Å²) in [5.41, 5.74) is 1.76. The molecule has 2 rings (SSSR count). The van der Waals surface area contributed by atoms with Crippen molar-refractivity contribution in [1.29, 1.82) is 0 Å². The molecule has 0 atom stereocenters. The van der Waals surface area contributed by atoms with Gasteiger partial charge in [0.25, 0.3) is 5.91 Å². The normalized spacial score (nSPS) is 11.1. The number of amides is 1. The Labute approximate surface area is 145 Å². The minimum absolute atomic E-state index is 0.403. The number of aromatic nitrogens is 1. The van der Waals surface area contributed by atoms with Crippen molar-refractivity contribution in [2.24, 2.45) is 0 Å². The average molecular weight is 340 g/mol. The van der Waals surface area contributed by atoms with Crippen molar-refractivity contribution in [3.05, 3.63) is 46.7 Å². The van der Waals surface area contributed by atoms with E-state index in [9.17, 15) is 14.7 Å². The van der Waals surface area contributed by atoms with E-state index >= 15 is 0 Å². The van der Waals surface area contributed by atoms with Crippen LogP contribution >= 0.6 is 11.6 Å². The largest absolute Gasteiger partial charge is 0.505 e. The summed E-state index contributed by atoms with van der Waals surface area (Å²) in [6.07, 6.45) is 1.35. The molecule has 0 spiro atoms. The quantitative estimate of drug-likeness (QED) is 0.727. The molecule has 1 amide bonds. The van der Waals surface area contributed by atoms with Gasteiger partial charge >= 0.3 is 5.97 Å². The predicted octanol–water partition coefficient (Wildman–Crippen LogP) is 1.22. The molecule has 0 fully saturated rings. The fraction of sp³-hybridized carbons (Fsp3) is 0.133. The standard InChI is InChI=1S/C15H11B2ClN2O4/c1-7-2-3-9(18)5-10(7)8-4-11(21)12(19-6-8)13(22)20-15(16,17)14(23)24/h2-6,21H,1H3,(H,20,22)(H,23,24). The van der Waals surface area contributed by atoms with Crippen LogP contribution in [0.1, 0.15) is 16.1 Å². The van der Waals surface area contributed by atoms with Crippen molar-refractivity contribution in [2.45, 2.75) is 12.3 Å². The van der Waals surface area contributed by atoms with Crippen LogP contribution in [0.15, 0.2) is 30.5 Å². The van der Waals surface area contributed by atoms with Crippen molar-refractivity contribution in [1.82, 2.24) is 10.3 Å². The maximum atomic E-state index is 12.0. The lowest BCUT2D eigenvalue weighted by Crippen LogP contribution is -2.55. The van der Waals surface area contributed by atoms with Crippen molar-refractivity contribution >= 4 is 39.2 Å². The average Bonchev–Trinajstić information content (AvgIpc) is 2.48. The molecule has 0 aliphatic rings. The highest BCUT2D eigenvalue weighted by molar-refractivity contribution is 6.51. The molecule has 1 heterocycles. The summed E-state index contributed by atoms with van der Waals surface area (Å²) >= 11 is 5.96. The van der Waals surface area contributed by atoms with Crippen molar-refractivity contribution in [2.75, 3.05) is 0 Å². The van der Waals surface area contributed by atoms with Crippen LogP contribution in [0.2, 0.25) is 5.02 Å². The Kier molecular flexibility index (Phi) is 4.89. The van der Waals surface area contributed by atoms with Crippen LogP contribution < -0.4 is 5.32 Å². The molecule has 0 aliphatic carbocycles. The Hall–Kier alpha value is -2.47. The number of carbonyl (C=O) groups excluding carboxylic acids is 1. The number of halogens is 1. The van der Waals surface area contributed by atoms with Crippen LogP contribution in [0.3, 0.4) is 0 Å². The molecule has 1 aromatic carbocycles. The second-order valence-corrected chi connectivity index (χ2v) is 5.62. The molecule has 0 saturated heterocycles. The van der Waals surface area contributed by atoms with E-state index in [0.29, 0.717) is 10.6 Å². The number of aromatic hydroxyl groups is 1. The number of nitrogens with one attached hydrogen (secondary N) is 1. The van der Waals surface area contributed by atoms with Crippen LogP contribution in [0, 0.1) is 6.92 Å². The van der Waals surface area contributed by atoms with Crippen LogP contribution in [-0.4, -0.2) is 48.1 Å². The summed E-state index contributed by atoms with van der Waals surface area (Å²) in [4.78, 5) is 26.7. The maximum absolute atomic E-state index is 12.0. The minimum Gasteiger partial charge on any atom is -0.505 e. The van der Waals surface area contributed by atoms with Gasteiger partial charge in [0.2, 0.25) is 0 Å². The van der Waals surface area contributed by atoms with E-state index in [2.05, 4.69) is 4.98 Å². The Morgan fingerprint density at radius 1 is 1.29 bits per heavy atom. The summed E-state index contributed by atoms with van der Waals surface area (Å²) in [6.45, 7) is 1.85. The van der Waals surface area contributed by atoms with Crippen LogP contribution in [-0.2, 0) is 4.79 Å². The van der Waals surface area contributed by atoms with Crippen LogP contribution in [0.4, 0.5) is 0 Å². The molecule has 0 saturated carbocycles. The van der Waals surface area contributed by atoms with E-state index in [0.717, 1.165) is 11.1 Å². The zero-order chi connectivity index (χ0) is 18.1. The number of benzene rings is 1. The second-order valence-electron chi connectivity index (χ2n) is 5.18. The fourth-order valence-corrected chi connectivity index (χ4v) is 2.15. The number of nitrogens with zero attached hydrogens (tertiary/aromatic N) is 1. The third-order valence-corrected chi connectivity index (χ3v) is 3.50. The van der Waals surface area contributed by atoms with Gasteiger partial charge in [-0.15, -0.1) is 0 Å². The summed E-state index contributed by atoms with van der Waals surface area (Å²) in [5, 5.41) is 18.7. The van der Waals surface area contributed by atoms with E-state index < -0.39 is 28.7 Å². The molecule has 9 heteroatoms. The number of hydrogen-bond donors (Lipinski definition) is 3. The second kappa shape index (κ2) is 6.57. The van der Waals surface area contributed by atoms with Crippen molar-refractivity contribution in [3.63, 3.8) is 0 Å². The van der Waals surface area contributed by atoms with Gasteiger partial charge in [-0.1, -0.05) is 17.7 Å². The van der Waals surface area contributed by atoms with Gasteiger partial charge in [-0.3, -0.25) is 9.59 Å². The van der Waals surface area contributed by atoms with Gasteiger partial charge in [0.05, 0.1) is 5.34 Å². The molecule has 24 heavy (non-hydrogen) atoms. The summed E-state index contributed by atoms with van der Waals surface area (Å²) in [6, 6.07) is 6.54. The molecule has 0 unspecified atom stereocenters. The molecule has 3 N–H and O–H groups in total. The number of rotatable bonds is 4. The molecular weight excluding hydrogens is 329 g/mol. The highest BCUT2D eigenvalue weighted by Gasteiger charge is 2.29. The van der Waals surface area contributed by atoms with E-state index in [4.69, 9.17) is 32.4 Å². The Morgan fingerprint density at radius 3 is 2.54 bits per heavy atom. The fourth-order valence-electron chi connectivity index (χ4n) is 1.98. The lowest BCUT2D eigenvalue weighted by Gasteiger charge is -2.22. The first kappa shape index (κ1) is 17.9. The predicted molar refractivity (Wildman–Crippen MR) is 90.4 cm³/mol. The van der Waals surface area contributed by atoms with Gasteiger partial charge < -0.3 is 15.5 Å². The molecule has 118 valence electrons. The SMILES string of the molecule is [B]C([B])(NC(=O)c1ncc(-c2cc(Cl)ccc2C)cc1O)C(=O)O. The zero-order valence-corrected chi connectivity index (χ0v) is 13.3. The van der Waals surface area contributed by atoms with E-state index in [1.807, 2.05) is 12.2 Å². The molecule has 2 aromatic rings. The lowest BCUT2D eigenvalue weighted by atomic mass is 9.62. The number of aliphatic carboxylic acids is 1. The first-order valence-corrected chi connectivity index (χ1v) is 7.09. The van der Waals surface area contributed by atoms with Gasteiger partial charge in [-0.05, 0) is 36.2 Å². The van der Waals surface area contributed by atoms with Crippen molar-refractivity contribution < 1.29 is 19.8 Å². The summed E-state index contributed by atoms with van der Waals surface area (Å²) in [5.74, 6) is -3.11. The number of carbonyl (C=O) groups is 2. The molecule has 1 aromatic heterocycles. The number of hydrogen-bond acceptors (Lipinski definition) is 4. The molecule has 0 aliphatic heterocycles. The zero-order valence-electron chi connectivity index (χ0n) is 12.6. The van der Waals surface area contributed by atoms with Crippen molar-refractivity contribution in [3.8, 4) is 16.9 Å². The summed E-state index contributed by atoms with van der Waals surface area (Å²) < 4.78 is 0. The van der Waals surface area contributed by atoms with Gasteiger partial charge in [-0.25, -0.2) is 4.98 Å². The Bertz CT molecular complexity index is 827. The highest BCUT2D eigenvalue weighted by Crippen LogP contribution is 2.29. The monoisotopic (exact) mass is 340 g/mol. The van der Waals surface area contributed by atoms with E-state index in [1.165, 1.54) is 12.3 Å². The van der Waals surface area contributed by atoms with Gasteiger partial charge in [0.1, 0.15) is 21.4 Å². The van der Waals surface area contributed by atoms with Gasteiger partial charge in [-0.2, -0.15) is 0 Å². The third-order valence-electron chi connectivity index (χ3n) is 3.27. The van der Waals surface area contributed by atoms with E-state index in [1.54, 1.807) is 18.2 Å². The first-order chi connectivity index (χ1) is 11.1. The van der Waals surface area contributed by atoms with Crippen LogP contribution in [0.25, 0.3) is 11.1 Å². The highest BCUT2D eigenvalue weighted by atomic mass is 35.5. The smallest absolute Gasteiger partial charge is 0.310 e. The maximum Gasteiger partial charge on any atom is 0.310 e. The molecular formula is C15H11B2ClN2O4. The Morgan fingerprint density at radius 2 is 1.96 bits per heavy atom. The number of carboxylic acids is 1. The van der Waals surface area contributed by atoms with Gasteiger partial charge in [0, 0.05) is 16.8 Å². The Balaban J connectivity index is 2.35. The van der Waals surface area contributed by atoms with Gasteiger partial charge in [0.15, 0.2) is 5.69 Å². The molecule has 6 nitrogen and oxygen atoms in total. The first-order valence-electron chi connectivity index (χ1n) is 6.71. The van der Waals surface area contributed by atoms with Crippen LogP contribution in [0.5, 0.6) is 5.75 Å². The lowest BCUT2D eigenvalue weighted by molar-refractivity contribution is -0.138. The summed E-state index contributed by atoms with van der Waals surface area (Å²) in [7, 11) is 10.5. The van der Waals surface area contributed by atoms with E-state index in [-0.39, 0.29) is 0 Å². The number of pyridine rings is 1. The topological polar surface area (TPSA) is 99.5 Å². The molecule has 4 radical (unpaired) electrons. The molecule has 0 bridgehead atoms. The minimum atomic E-state index is -2.48. The number of aryl methyl sites for hydroxylation is 1. The third kappa shape index (κ3) is 3.71. The number of carboxylic acid groups (broad SMARTS) is 1.